The average Bonchev–Trinajstić information content (AvgIpc) is 2.50. The maximum atomic E-state index is 11.0. The van der Waals surface area contributed by atoms with Crippen LogP contribution in [0.4, 0.5) is 5.69 Å². The number of nitro groups is 1. The maximum absolute atomic E-state index is 11.0. The van der Waals surface area contributed by atoms with E-state index in [4.69, 9.17) is 5.73 Å². The predicted octanol–water partition coefficient (Wildman–Crippen LogP) is 3.74. The molecule has 0 saturated heterocycles. The van der Waals surface area contributed by atoms with E-state index in [1.54, 1.807) is 12.1 Å². The third kappa shape index (κ3) is 5.91. The van der Waals surface area contributed by atoms with Crippen molar-refractivity contribution >= 4 is 34.0 Å². The minimum Gasteiger partial charge on any atom is -0.329 e. The Morgan fingerprint density at radius 2 is 1.74 bits per heavy atom. The van der Waals surface area contributed by atoms with Crippen LogP contribution in [-0.4, -0.2) is 22.9 Å². The molecule has 2 N–H and O–H groups in total. The summed E-state index contributed by atoms with van der Waals surface area (Å²) in [4.78, 5) is 12.8. The third-order valence-corrected chi connectivity index (χ3v) is 3.98. The molecule has 0 bridgehead atoms. The Morgan fingerprint density at radius 3 is 2.35 bits per heavy atom. The van der Waals surface area contributed by atoms with Crippen molar-refractivity contribution in [1.29, 1.82) is 0 Å². The smallest absolute Gasteiger partial charge is 0.283 e. The second kappa shape index (κ2) is 9.62. The molecule has 7 heteroatoms. The van der Waals surface area contributed by atoms with Crippen LogP contribution in [0, 0.1) is 10.1 Å². The van der Waals surface area contributed by atoms with E-state index in [2.05, 4.69) is 33.0 Å². The van der Waals surface area contributed by atoms with Crippen molar-refractivity contribution in [2.45, 2.75) is 13.1 Å². The molecule has 0 spiro atoms. The summed E-state index contributed by atoms with van der Waals surface area (Å²) in [5.74, 6) is 0. The van der Waals surface area contributed by atoms with Crippen LogP contribution in [0.15, 0.2) is 53.0 Å². The van der Waals surface area contributed by atoms with Crippen LogP contribution in [0.25, 0.3) is 0 Å². The third-order valence-electron chi connectivity index (χ3n) is 3.31. The van der Waals surface area contributed by atoms with Crippen LogP contribution in [0.3, 0.4) is 0 Å². The lowest BCUT2D eigenvalue weighted by atomic mass is 10.1. The molecule has 5 nitrogen and oxygen atoms in total. The Kier molecular flexibility index (Phi) is 8.19. The van der Waals surface area contributed by atoms with E-state index >= 15 is 0 Å². The normalized spacial score (nSPS) is 10.4. The monoisotopic (exact) mass is 399 g/mol. The molecule has 2 rings (SSSR count). The van der Waals surface area contributed by atoms with Gasteiger partial charge >= 0.3 is 0 Å². The average molecular weight is 401 g/mol. The van der Waals surface area contributed by atoms with Crippen molar-refractivity contribution < 1.29 is 4.92 Å². The quantitative estimate of drug-likeness (QED) is 0.567. The van der Waals surface area contributed by atoms with E-state index in [1.807, 2.05) is 24.3 Å². The molecule has 0 heterocycles. The van der Waals surface area contributed by atoms with Gasteiger partial charge in [0.05, 0.1) is 9.40 Å². The first-order valence-electron chi connectivity index (χ1n) is 6.99. The molecule has 0 radical (unpaired) electrons. The van der Waals surface area contributed by atoms with E-state index in [0.29, 0.717) is 17.6 Å². The fraction of sp³-hybridized carbons (Fsp3) is 0.250. The second-order valence-corrected chi connectivity index (χ2v) is 5.88. The highest BCUT2D eigenvalue weighted by Crippen LogP contribution is 2.26. The lowest BCUT2D eigenvalue weighted by molar-refractivity contribution is -0.385. The van der Waals surface area contributed by atoms with Gasteiger partial charge in [-0.05, 0) is 33.1 Å². The Labute approximate surface area is 150 Å². The van der Waals surface area contributed by atoms with E-state index in [0.717, 1.165) is 18.7 Å². The van der Waals surface area contributed by atoms with Gasteiger partial charge in [0.25, 0.3) is 5.69 Å². The zero-order chi connectivity index (χ0) is 15.9. The number of benzene rings is 2. The molecule has 2 aromatic rings. The second-order valence-electron chi connectivity index (χ2n) is 5.03. The summed E-state index contributed by atoms with van der Waals surface area (Å²) in [6.07, 6.45) is 0. The number of hydrogen-bond acceptors (Lipinski definition) is 4. The van der Waals surface area contributed by atoms with E-state index in [9.17, 15) is 10.1 Å². The summed E-state index contributed by atoms with van der Waals surface area (Å²) >= 11 is 3.21. The first-order valence-corrected chi connectivity index (χ1v) is 7.78. The van der Waals surface area contributed by atoms with Gasteiger partial charge in [-0.2, -0.15) is 0 Å². The number of nitrogens with zero attached hydrogens (tertiary/aromatic N) is 2. The van der Waals surface area contributed by atoms with E-state index < -0.39 is 0 Å². The molecule has 0 aromatic heterocycles. The first-order chi connectivity index (χ1) is 10.6. The summed E-state index contributed by atoms with van der Waals surface area (Å²) in [6.45, 7) is 2.67. The predicted molar refractivity (Wildman–Crippen MR) is 97.7 cm³/mol. The summed E-state index contributed by atoms with van der Waals surface area (Å²) < 4.78 is 0.495. The molecule has 0 saturated carbocycles. The maximum Gasteiger partial charge on any atom is 0.283 e. The van der Waals surface area contributed by atoms with Crippen LogP contribution in [0.5, 0.6) is 0 Å². The highest BCUT2D eigenvalue weighted by Gasteiger charge is 2.14. The van der Waals surface area contributed by atoms with Gasteiger partial charge in [-0.15, -0.1) is 12.4 Å². The number of halogens is 2. The van der Waals surface area contributed by atoms with Crippen molar-refractivity contribution in [3.05, 3.63) is 74.2 Å². The molecule has 0 fully saturated rings. The van der Waals surface area contributed by atoms with Gasteiger partial charge < -0.3 is 5.73 Å². The Bertz CT molecular complexity index is 640. The van der Waals surface area contributed by atoms with Crippen LogP contribution < -0.4 is 5.73 Å². The highest BCUT2D eigenvalue weighted by molar-refractivity contribution is 9.10. The molecule has 0 amide bonds. The molecule has 0 aliphatic heterocycles. The largest absolute Gasteiger partial charge is 0.329 e. The number of rotatable bonds is 7. The zero-order valence-corrected chi connectivity index (χ0v) is 14.9. The molecule has 124 valence electrons. The van der Waals surface area contributed by atoms with Crippen LogP contribution >= 0.6 is 28.3 Å². The molecule has 0 aliphatic rings. The van der Waals surface area contributed by atoms with E-state index in [-0.39, 0.29) is 23.0 Å². The van der Waals surface area contributed by atoms with Gasteiger partial charge in [0.2, 0.25) is 0 Å². The molecule has 2 aromatic carbocycles. The lowest BCUT2D eigenvalue weighted by Crippen LogP contribution is -2.28. The minimum atomic E-state index is -0.377. The molecular weight excluding hydrogens is 382 g/mol. The molecule has 0 aliphatic carbocycles. The highest BCUT2D eigenvalue weighted by atomic mass is 79.9. The van der Waals surface area contributed by atoms with Gasteiger partial charge in [-0.25, -0.2) is 0 Å². The first kappa shape index (κ1) is 19.6. The molecular formula is C16H19BrClN3O2. The summed E-state index contributed by atoms with van der Waals surface area (Å²) in [7, 11) is 0. The van der Waals surface area contributed by atoms with Crippen LogP contribution in [0.1, 0.15) is 11.1 Å². The van der Waals surface area contributed by atoms with Gasteiger partial charge in [0.1, 0.15) is 0 Å². The summed E-state index contributed by atoms with van der Waals surface area (Å²) in [5.41, 5.74) is 7.87. The van der Waals surface area contributed by atoms with Crippen LogP contribution in [-0.2, 0) is 13.1 Å². The van der Waals surface area contributed by atoms with Crippen molar-refractivity contribution in [3.63, 3.8) is 0 Å². The molecule has 0 atom stereocenters. The van der Waals surface area contributed by atoms with Gasteiger partial charge in [-0.1, -0.05) is 36.4 Å². The standard InChI is InChI=1S/C16H18BrN3O2.ClH/c17-15-7-6-14(10-16(15)20(21)22)12-19(9-8-18)11-13-4-2-1-3-5-13;/h1-7,10H,8-9,11-12,18H2;1H. The summed E-state index contributed by atoms with van der Waals surface area (Å²) in [5, 5.41) is 11.0. The van der Waals surface area contributed by atoms with Crippen molar-refractivity contribution in [1.82, 2.24) is 4.90 Å². The van der Waals surface area contributed by atoms with Crippen molar-refractivity contribution in [2.75, 3.05) is 13.1 Å². The van der Waals surface area contributed by atoms with Gasteiger partial charge in [0.15, 0.2) is 0 Å². The molecule has 23 heavy (non-hydrogen) atoms. The van der Waals surface area contributed by atoms with Gasteiger partial charge in [-0.3, -0.25) is 15.0 Å². The Balaban J connectivity index is 0.00000264. The topological polar surface area (TPSA) is 72.4 Å². The fourth-order valence-corrected chi connectivity index (χ4v) is 2.68. The van der Waals surface area contributed by atoms with E-state index in [1.165, 1.54) is 5.56 Å². The minimum absolute atomic E-state index is 0. The lowest BCUT2D eigenvalue weighted by Gasteiger charge is -2.21. The Morgan fingerprint density at radius 1 is 1.09 bits per heavy atom. The van der Waals surface area contributed by atoms with Crippen molar-refractivity contribution in [3.8, 4) is 0 Å². The van der Waals surface area contributed by atoms with Crippen LogP contribution in [0.2, 0.25) is 0 Å². The van der Waals surface area contributed by atoms with Crippen molar-refractivity contribution in [2.24, 2.45) is 5.73 Å². The Hall–Kier alpha value is -1.47. The zero-order valence-electron chi connectivity index (χ0n) is 12.5. The SMILES string of the molecule is Cl.NCCN(Cc1ccccc1)Cc1ccc(Br)c([N+](=O)[O-])c1. The fourth-order valence-electron chi connectivity index (χ4n) is 2.29. The van der Waals surface area contributed by atoms with Gasteiger partial charge in [0, 0.05) is 32.2 Å². The summed E-state index contributed by atoms with van der Waals surface area (Å²) in [6, 6.07) is 15.3. The molecule has 0 unspecified atom stereocenters. The number of hydrogen-bond donors (Lipinski definition) is 1. The number of nitro benzene ring substituents is 1. The number of nitrogens with two attached hydrogens (primary N) is 1.